The van der Waals surface area contributed by atoms with Gasteiger partial charge in [0.2, 0.25) is 5.91 Å². The number of amides is 1. The zero-order valence-corrected chi connectivity index (χ0v) is 21.1. The SMILES string of the molecule is CCNC(=NCC(C)(C)N1CCc2ccccc2C1)NCCCN1CCCC1=O.I. The standard InChI is InChI=1S/C23H37N5O.HI/c1-4-24-22(25-13-8-15-27-14-7-11-21(27)29)26-18-23(2,3)28-16-12-19-9-5-6-10-20(19)17-28;/h5-6,9-10H,4,7-8,11-18H2,1-3H3,(H2,24,25,26);1H. The molecular weight excluding hydrogens is 489 g/mol. The van der Waals surface area contributed by atoms with Crippen molar-refractivity contribution in [3.8, 4) is 0 Å². The molecule has 1 aromatic carbocycles. The first-order chi connectivity index (χ1) is 14.0. The van der Waals surface area contributed by atoms with Crippen LogP contribution in [0.1, 0.15) is 51.2 Å². The minimum atomic E-state index is -0.00213. The number of hydrogen-bond acceptors (Lipinski definition) is 3. The average Bonchev–Trinajstić information content (AvgIpc) is 3.13. The van der Waals surface area contributed by atoms with Gasteiger partial charge in [0.25, 0.3) is 0 Å². The van der Waals surface area contributed by atoms with E-state index in [0.717, 1.165) is 71.0 Å². The second-order valence-electron chi connectivity index (χ2n) is 8.71. The van der Waals surface area contributed by atoms with E-state index in [0.29, 0.717) is 12.3 Å². The molecule has 2 aliphatic heterocycles. The molecule has 2 N–H and O–H groups in total. The van der Waals surface area contributed by atoms with Crippen molar-refractivity contribution in [2.45, 2.75) is 58.5 Å². The third-order valence-electron chi connectivity index (χ3n) is 6.02. The van der Waals surface area contributed by atoms with Crippen molar-refractivity contribution in [2.75, 3.05) is 39.3 Å². The fourth-order valence-electron chi connectivity index (χ4n) is 4.14. The van der Waals surface area contributed by atoms with Gasteiger partial charge in [-0.1, -0.05) is 24.3 Å². The largest absolute Gasteiger partial charge is 0.357 e. The van der Waals surface area contributed by atoms with E-state index < -0.39 is 0 Å². The molecule has 1 amide bonds. The molecule has 1 fully saturated rings. The minimum Gasteiger partial charge on any atom is -0.357 e. The van der Waals surface area contributed by atoms with Crippen LogP contribution in [0.3, 0.4) is 0 Å². The van der Waals surface area contributed by atoms with Gasteiger partial charge in [0.1, 0.15) is 0 Å². The van der Waals surface area contributed by atoms with Crippen LogP contribution in [0.2, 0.25) is 0 Å². The van der Waals surface area contributed by atoms with Crippen LogP contribution in [-0.2, 0) is 17.8 Å². The molecule has 168 valence electrons. The highest BCUT2D eigenvalue weighted by Gasteiger charge is 2.29. The van der Waals surface area contributed by atoms with Crippen LogP contribution >= 0.6 is 24.0 Å². The van der Waals surface area contributed by atoms with Gasteiger partial charge in [-0.15, -0.1) is 24.0 Å². The molecule has 7 heteroatoms. The van der Waals surface area contributed by atoms with Crippen molar-refractivity contribution in [3.63, 3.8) is 0 Å². The molecule has 0 aliphatic carbocycles. The van der Waals surface area contributed by atoms with Gasteiger partial charge >= 0.3 is 0 Å². The molecule has 0 radical (unpaired) electrons. The summed E-state index contributed by atoms with van der Waals surface area (Å²) in [6.07, 6.45) is 3.78. The molecule has 0 unspecified atom stereocenters. The predicted octanol–water partition coefficient (Wildman–Crippen LogP) is 3.01. The lowest BCUT2D eigenvalue weighted by atomic mass is 9.94. The zero-order valence-electron chi connectivity index (χ0n) is 18.7. The van der Waals surface area contributed by atoms with Crippen molar-refractivity contribution < 1.29 is 4.79 Å². The summed E-state index contributed by atoms with van der Waals surface area (Å²) >= 11 is 0. The van der Waals surface area contributed by atoms with Crippen LogP contribution in [0.15, 0.2) is 29.3 Å². The lowest BCUT2D eigenvalue weighted by molar-refractivity contribution is -0.127. The Morgan fingerprint density at radius 2 is 1.90 bits per heavy atom. The van der Waals surface area contributed by atoms with Crippen LogP contribution in [0, 0.1) is 0 Å². The zero-order chi connectivity index (χ0) is 20.7. The molecule has 0 bridgehead atoms. The van der Waals surface area contributed by atoms with Crippen LogP contribution in [0.5, 0.6) is 0 Å². The summed E-state index contributed by atoms with van der Waals surface area (Å²) in [6.45, 7) is 12.9. The van der Waals surface area contributed by atoms with Crippen molar-refractivity contribution in [2.24, 2.45) is 4.99 Å². The summed E-state index contributed by atoms with van der Waals surface area (Å²) in [5.41, 5.74) is 2.92. The lowest BCUT2D eigenvalue weighted by Gasteiger charge is -2.40. The highest BCUT2D eigenvalue weighted by Crippen LogP contribution is 2.25. The Balaban J connectivity index is 0.00000320. The highest BCUT2D eigenvalue weighted by atomic mass is 127. The van der Waals surface area contributed by atoms with E-state index >= 15 is 0 Å². The van der Waals surface area contributed by atoms with Gasteiger partial charge in [0.05, 0.1) is 6.54 Å². The number of hydrogen-bond donors (Lipinski definition) is 2. The second kappa shape index (κ2) is 11.9. The fraction of sp³-hybridized carbons (Fsp3) is 0.652. The van der Waals surface area contributed by atoms with Crippen molar-refractivity contribution in [3.05, 3.63) is 35.4 Å². The first kappa shape index (κ1) is 24.9. The van der Waals surface area contributed by atoms with E-state index in [1.807, 2.05) is 4.90 Å². The highest BCUT2D eigenvalue weighted by molar-refractivity contribution is 14.0. The molecule has 0 aromatic heterocycles. The van der Waals surface area contributed by atoms with Crippen molar-refractivity contribution in [1.82, 2.24) is 20.4 Å². The minimum absolute atomic E-state index is 0. The van der Waals surface area contributed by atoms with E-state index in [-0.39, 0.29) is 29.5 Å². The van der Waals surface area contributed by atoms with Crippen LogP contribution < -0.4 is 10.6 Å². The summed E-state index contributed by atoms with van der Waals surface area (Å²) < 4.78 is 0. The number of halogens is 1. The molecule has 6 nitrogen and oxygen atoms in total. The number of rotatable bonds is 8. The molecule has 1 aromatic rings. The van der Waals surface area contributed by atoms with E-state index in [1.165, 1.54) is 11.1 Å². The topological polar surface area (TPSA) is 60.0 Å². The first-order valence-corrected chi connectivity index (χ1v) is 11.1. The smallest absolute Gasteiger partial charge is 0.222 e. The van der Waals surface area contributed by atoms with E-state index in [1.54, 1.807) is 0 Å². The number of nitrogens with zero attached hydrogens (tertiary/aromatic N) is 3. The van der Waals surface area contributed by atoms with Crippen molar-refractivity contribution >= 4 is 35.8 Å². The van der Waals surface area contributed by atoms with E-state index in [2.05, 4.69) is 60.6 Å². The molecule has 2 aliphatic rings. The van der Waals surface area contributed by atoms with Gasteiger partial charge in [-0.05, 0) is 51.2 Å². The molecule has 3 rings (SSSR count). The molecule has 2 heterocycles. The summed E-state index contributed by atoms with van der Waals surface area (Å²) in [5, 5.41) is 6.78. The Morgan fingerprint density at radius 1 is 1.13 bits per heavy atom. The molecular formula is C23H38IN5O. The molecule has 0 atom stereocenters. The van der Waals surface area contributed by atoms with Gasteiger partial charge in [-0.25, -0.2) is 0 Å². The van der Waals surface area contributed by atoms with Gasteiger partial charge in [-0.3, -0.25) is 14.7 Å². The monoisotopic (exact) mass is 527 g/mol. The molecule has 0 spiro atoms. The van der Waals surface area contributed by atoms with Crippen LogP contribution in [0.4, 0.5) is 0 Å². The third kappa shape index (κ3) is 6.83. The maximum absolute atomic E-state index is 11.7. The number of fused-ring (bicyclic) bond motifs is 1. The van der Waals surface area contributed by atoms with Gasteiger partial charge in [-0.2, -0.15) is 0 Å². The average molecular weight is 527 g/mol. The number of likely N-dealkylation sites (tertiary alicyclic amines) is 1. The second-order valence-corrected chi connectivity index (χ2v) is 8.71. The third-order valence-corrected chi connectivity index (χ3v) is 6.02. The summed E-state index contributed by atoms with van der Waals surface area (Å²) in [7, 11) is 0. The Bertz CT molecular complexity index is 721. The maximum atomic E-state index is 11.7. The van der Waals surface area contributed by atoms with Crippen LogP contribution in [-0.4, -0.2) is 66.5 Å². The lowest BCUT2D eigenvalue weighted by Crippen LogP contribution is -2.49. The first-order valence-electron chi connectivity index (χ1n) is 11.1. The van der Waals surface area contributed by atoms with Gasteiger partial charge in [0, 0.05) is 51.2 Å². The quantitative estimate of drug-likeness (QED) is 0.236. The van der Waals surface area contributed by atoms with Gasteiger partial charge in [0.15, 0.2) is 5.96 Å². The fourth-order valence-corrected chi connectivity index (χ4v) is 4.14. The Morgan fingerprint density at radius 3 is 2.60 bits per heavy atom. The number of aliphatic imine (C=N–C) groups is 1. The summed E-state index contributed by atoms with van der Waals surface area (Å²) in [6, 6.07) is 8.77. The number of carbonyl (C=O) groups excluding carboxylic acids is 1. The Labute approximate surface area is 198 Å². The number of benzene rings is 1. The summed E-state index contributed by atoms with van der Waals surface area (Å²) in [4.78, 5) is 21.1. The normalized spacial score (nSPS) is 17.5. The predicted molar refractivity (Wildman–Crippen MR) is 134 cm³/mol. The maximum Gasteiger partial charge on any atom is 0.222 e. The van der Waals surface area contributed by atoms with E-state index in [4.69, 9.17) is 4.99 Å². The van der Waals surface area contributed by atoms with Crippen molar-refractivity contribution in [1.29, 1.82) is 0 Å². The molecule has 1 saturated heterocycles. The number of guanidine groups is 1. The van der Waals surface area contributed by atoms with E-state index in [9.17, 15) is 4.79 Å². The number of carbonyl (C=O) groups is 1. The Kier molecular flexibility index (Phi) is 9.87. The summed E-state index contributed by atoms with van der Waals surface area (Å²) in [5.74, 6) is 1.17. The number of nitrogens with one attached hydrogen (secondary N) is 2. The van der Waals surface area contributed by atoms with Crippen LogP contribution in [0.25, 0.3) is 0 Å². The van der Waals surface area contributed by atoms with Gasteiger partial charge < -0.3 is 15.5 Å². The molecule has 0 saturated carbocycles. The Hall–Kier alpha value is -1.35. The molecule has 30 heavy (non-hydrogen) atoms.